The van der Waals surface area contributed by atoms with E-state index in [0.717, 1.165) is 37.3 Å². The first-order valence-electron chi connectivity index (χ1n) is 7.41. The molecule has 0 aliphatic carbocycles. The molecular formula is C16H19ClN4O. The van der Waals surface area contributed by atoms with Gasteiger partial charge in [0.2, 0.25) is 5.95 Å². The number of nitrogens with zero attached hydrogens (tertiary/aromatic N) is 3. The van der Waals surface area contributed by atoms with Gasteiger partial charge in [-0.1, -0.05) is 41.9 Å². The molecule has 0 bridgehead atoms. The van der Waals surface area contributed by atoms with Crippen molar-refractivity contribution in [1.29, 1.82) is 0 Å². The number of piperidine rings is 1. The van der Waals surface area contributed by atoms with E-state index in [1.807, 2.05) is 30.3 Å². The maximum atomic E-state index is 10.5. The summed E-state index contributed by atoms with van der Waals surface area (Å²) in [6.07, 6.45) is 1.39. The fourth-order valence-corrected chi connectivity index (χ4v) is 3.14. The average molecular weight is 319 g/mol. The third-order valence-electron chi connectivity index (χ3n) is 4.15. The first kappa shape index (κ1) is 15.1. The smallest absolute Gasteiger partial charge is 0.223 e. The second-order valence-electron chi connectivity index (χ2n) is 5.59. The van der Waals surface area contributed by atoms with Crippen molar-refractivity contribution in [3.05, 3.63) is 47.1 Å². The van der Waals surface area contributed by atoms with E-state index < -0.39 is 6.10 Å². The van der Waals surface area contributed by atoms with E-state index in [1.54, 1.807) is 6.07 Å². The second kappa shape index (κ2) is 6.50. The van der Waals surface area contributed by atoms with Crippen molar-refractivity contribution < 1.29 is 5.11 Å². The van der Waals surface area contributed by atoms with Crippen LogP contribution in [-0.2, 0) is 0 Å². The van der Waals surface area contributed by atoms with Crippen LogP contribution < -0.4 is 10.6 Å². The molecular weight excluding hydrogens is 300 g/mol. The summed E-state index contributed by atoms with van der Waals surface area (Å²) in [4.78, 5) is 10.2. The maximum Gasteiger partial charge on any atom is 0.223 e. The zero-order chi connectivity index (χ0) is 15.5. The van der Waals surface area contributed by atoms with E-state index in [2.05, 4.69) is 14.9 Å². The van der Waals surface area contributed by atoms with E-state index in [4.69, 9.17) is 17.3 Å². The van der Waals surface area contributed by atoms with Gasteiger partial charge in [0.15, 0.2) is 0 Å². The Hall–Kier alpha value is -1.85. The molecule has 0 unspecified atom stereocenters. The van der Waals surface area contributed by atoms with Crippen LogP contribution in [-0.4, -0.2) is 28.2 Å². The quantitative estimate of drug-likeness (QED) is 0.851. The predicted octanol–water partition coefficient (Wildman–Crippen LogP) is 2.66. The van der Waals surface area contributed by atoms with Crippen LogP contribution in [0.2, 0.25) is 5.15 Å². The number of nitrogens with two attached hydrogens (primary N) is 1. The number of hydrogen-bond donors (Lipinski definition) is 2. The fraction of sp³-hybridized carbons (Fsp3) is 0.375. The molecule has 2 heterocycles. The number of aliphatic hydroxyl groups excluding tert-OH is 1. The Morgan fingerprint density at radius 1 is 1.18 bits per heavy atom. The second-order valence-corrected chi connectivity index (χ2v) is 5.97. The summed E-state index contributed by atoms with van der Waals surface area (Å²) in [5.41, 5.74) is 6.63. The lowest BCUT2D eigenvalue weighted by Crippen LogP contribution is -2.36. The number of anilines is 2. The van der Waals surface area contributed by atoms with Gasteiger partial charge in [-0.3, -0.25) is 0 Å². The number of benzene rings is 1. The molecule has 1 atom stereocenters. The number of hydrogen-bond acceptors (Lipinski definition) is 5. The minimum Gasteiger partial charge on any atom is -0.388 e. The van der Waals surface area contributed by atoms with Crippen LogP contribution in [0.4, 0.5) is 11.8 Å². The maximum absolute atomic E-state index is 10.5. The third kappa shape index (κ3) is 3.31. The Morgan fingerprint density at radius 3 is 2.50 bits per heavy atom. The highest BCUT2D eigenvalue weighted by molar-refractivity contribution is 6.29. The minimum atomic E-state index is -0.414. The summed E-state index contributed by atoms with van der Waals surface area (Å²) in [5, 5.41) is 10.9. The summed E-state index contributed by atoms with van der Waals surface area (Å²) in [7, 11) is 0. The van der Waals surface area contributed by atoms with Gasteiger partial charge >= 0.3 is 0 Å². The number of halogens is 1. The molecule has 1 saturated heterocycles. The zero-order valence-electron chi connectivity index (χ0n) is 12.2. The van der Waals surface area contributed by atoms with E-state index in [1.165, 1.54) is 0 Å². The van der Waals surface area contributed by atoms with Crippen LogP contribution in [0.5, 0.6) is 0 Å². The van der Waals surface area contributed by atoms with Crippen LogP contribution in [0, 0.1) is 5.92 Å². The fourth-order valence-electron chi connectivity index (χ4n) is 2.95. The Bertz CT molecular complexity index is 609. The van der Waals surface area contributed by atoms with Crippen molar-refractivity contribution >= 4 is 23.4 Å². The van der Waals surface area contributed by atoms with Gasteiger partial charge in [0.1, 0.15) is 11.0 Å². The topological polar surface area (TPSA) is 75.3 Å². The molecule has 1 aliphatic rings. The van der Waals surface area contributed by atoms with Gasteiger partial charge in [-0.25, -0.2) is 4.98 Å². The summed E-state index contributed by atoms with van der Waals surface area (Å²) in [5.74, 6) is 1.20. The first-order valence-corrected chi connectivity index (χ1v) is 7.79. The van der Waals surface area contributed by atoms with Crippen molar-refractivity contribution in [1.82, 2.24) is 9.97 Å². The number of nitrogen functional groups attached to an aromatic ring is 1. The van der Waals surface area contributed by atoms with Crippen molar-refractivity contribution in [2.75, 3.05) is 23.7 Å². The van der Waals surface area contributed by atoms with E-state index in [0.29, 0.717) is 5.15 Å². The van der Waals surface area contributed by atoms with Crippen LogP contribution in [0.15, 0.2) is 36.4 Å². The minimum absolute atomic E-state index is 0.189. The van der Waals surface area contributed by atoms with Gasteiger partial charge in [-0.05, 0) is 24.3 Å². The lowest BCUT2D eigenvalue weighted by atomic mass is 9.87. The average Bonchev–Trinajstić information content (AvgIpc) is 2.54. The van der Waals surface area contributed by atoms with Crippen molar-refractivity contribution in [3.63, 3.8) is 0 Å². The number of aromatic nitrogens is 2. The van der Waals surface area contributed by atoms with Crippen molar-refractivity contribution in [2.24, 2.45) is 5.92 Å². The highest BCUT2D eigenvalue weighted by Gasteiger charge is 2.27. The van der Waals surface area contributed by atoms with Gasteiger partial charge in [0, 0.05) is 19.2 Å². The third-order valence-corrected chi connectivity index (χ3v) is 4.34. The standard InChI is InChI=1S/C16H19ClN4O/c17-13-10-14(20-16(18)19-13)21-8-6-12(7-9-21)15(22)11-4-2-1-3-5-11/h1-5,10,12,15,22H,6-9H2,(H2,18,19,20)/t15-/m0/s1. The van der Waals surface area contributed by atoms with E-state index in [9.17, 15) is 5.11 Å². The van der Waals surface area contributed by atoms with Crippen molar-refractivity contribution in [3.8, 4) is 0 Å². The molecule has 1 aliphatic heterocycles. The summed E-state index contributed by atoms with van der Waals surface area (Å²) >= 11 is 5.93. The molecule has 0 saturated carbocycles. The van der Waals surface area contributed by atoms with Gasteiger partial charge < -0.3 is 15.7 Å². The normalized spacial score (nSPS) is 17.5. The SMILES string of the molecule is Nc1nc(Cl)cc(N2CCC([C@@H](O)c3ccccc3)CC2)n1. The molecule has 6 heteroatoms. The lowest BCUT2D eigenvalue weighted by Gasteiger charge is -2.35. The molecule has 22 heavy (non-hydrogen) atoms. The largest absolute Gasteiger partial charge is 0.388 e. The predicted molar refractivity (Wildman–Crippen MR) is 87.8 cm³/mol. The van der Waals surface area contributed by atoms with Gasteiger partial charge in [-0.2, -0.15) is 4.98 Å². The highest BCUT2D eigenvalue weighted by Crippen LogP contribution is 2.32. The molecule has 0 radical (unpaired) electrons. The van der Waals surface area contributed by atoms with Crippen LogP contribution >= 0.6 is 11.6 Å². The molecule has 3 N–H and O–H groups in total. The molecule has 1 fully saturated rings. The Morgan fingerprint density at radius 2 is 1.86 bits per heavy atom. The Kier molecular flexibility index (Phi) is 4.45. The van der Waals surface area contributed by atoms with Gasteiger partial charge in [0.25, 0.3) is 0 Å². The molecule has 3 rings (SSSR count). The van der Waals surface area contributed by atoms with E-state index in [-0.39, 0.29) is 11.9 Å². The zero-order valence-corrected chi connectivity index (χ0v) is 12.9. The summed E-state index contributed by atoms with van der Waals surface area (Å²) in [6.45, 7) is 1.64. The molecule has 5 nitrogen and oxygen atoms in total. The van der Waals surface area contributed by atoms with Gasteiger partial charge in [0.05, 0.1) is 6.10 Å². The van der Waals surface area contributed by atoms with Crippen LogP contribution in [0.1, 0.15) is 24.5 Å². The highest BCUT2D eigenvalue weighted by atomic mass is 35.5. The molecule has 116 valence electrons. The van der Waals surface area contributed by atoms with Gasteiger partial charge in [-0.15, -0.1) is 0 Å². The summed E-state index contributed by atoms with van der Waals surface area (Å²) < 4.78 is 0. The Labute approximate surface area is 134 Å². The Balaban J connectivity index is 1.65. The van der Waals surface area contributed by atoms with E-state index >= 15 is 0 Å². The molecule has 0 amide bonds. The molecule has 2 aromatic rings. The molecule has 0 spiro atoms. The number of rotatable bonds is 3. The van der Waals surface area contributed by atoms with Crippen LogP contribution in [0.25, 0.3) is 0 Å². The van der Waals surface area contributed by atoms with Crippen molar-refractivity contribution in [2.45, 2.75) is 18.9 Å². The summed E-state index contributed by atoms with van der Waals surface area (Å²) in [6, 6.07) is 11.6. The monoisotopic (exact) mass is 318 g/mol. The number of aliphatic hydroxyl groups is 1. The molecule has 1 aromatic heterocycles. The molecule has 1 aromatic carbocycles. The lowest BCUT2D eigenvalue weighted by molar-refractivity contribution is 0.0929. The first-order chi connectivity index (χ1) is 10.6. The van der Waals surface area contributed by atoms with Crippen LogP contribution in [0.3, 0.4) is 0 Å².